The van der Waals surface area contributed by atoms with E-state index in [4.69, 9.17) is 4.74 Å². The third-order valence-electron chi connectivity index (χ3n) is 3.26. The van der Waals surface area contributed by atoms with Crippen LogP contribution in [0.15, 0.2) is 24.3 Å². The summed E-state index contributed by atoms with van der Waals surface area (Å²) in [4.78, 5) is 9.19. The molecule has 0 radical (unpaired) electrons. The molecule has 1 aromatic carbocycles. The lowest BCUT2D eigenvalue weighted by molar-refractivity contribution is 0.185. The zero-order valence-corrected chi connectivity index (χ0v) is 12.5. The molecule has 0 saturated carbocycles. The number of aryl methyl sites for hydroxylation is 1. The van der Waals surface area contributed by atoms with Crippen molar-refractivity contribution < 1.29 is 4.74 Å². The Morgan fingerprint density at radius 1 is 1.10 bits per heavy atom. The van der Waals surface area contributed by atoms with Crippen LogP contribution in [-0.2, 0) is 11.3 Å². The molecule has 0 fully saturated rings. The summed E-state index contributed by atoms with van der Waals surface area (Å²) in [6, 6.07) is 8.16. The van der Waals surface area contributed by atoms with E-state index in [1.807, 2.05) is 38.1 Å². The topological polar surface area (TPSA) is 47.0 Å². The van der Waals surface area contributed by atoms with E-state index in [1.165, 1.54) is 0 Å². The molecule has 0 amide bonds. The van der Waals surface area contributed by atoms with Gasteiger partial charge in [-0.1, -0.05) is 24.3 Å². The van der Waals surface area contributed by atoms with E-state index in [0.717, 1.165) is 40.6 Å². The first kappa shape index (κ1) is 14.5. The summed E-state index contributed by atoms with van der Waals surface area (Å²) < 4.78 is 5.12. The Labute approximate surface area is 120 Å². The lowest BCUT2D eigenvalue weighted by atomic mass is 10.1. The van der Waals surface area contributed by atoms with Crippen molar-refractivity contribution in [2.75, 3.05) is 19.0 Å². The molecule has 0 unspecified atom stereocenters. The zero-order chi connectivity index (χ0) is 14.5. The van der Waals surface area contributed by atoms with Crippen LogP contribution >= 0.6 is 0 Å². The summed E-state index contributed by atoms with van der Waals surface area (Å²) in [7, 11) is 1.70. The van der Waals surface area contributed by atoms with E-state index in [1.54, 1.807) is 7.11 Å². The molecule has 0 aliphatic carbocycles. The standard InChI is InChI=1S/C16H21N3O/c1-5-17-15-11(2)12(3)18-16(19-15)14-8-6-13(7-9-14)10-20-4/h6-9H,5,10H2,1-4H3,(H,17,18,19). The fourth-order valence-electron chi connectivity index (χ4n) is 2.01. The third kappa shape index (κ3) is 3.14. The smallest absolute Gasteiger partial charge is 0.161 e. The third-order valence-corrected chi connectivity index (χ3v) is 3.26. The maximum absolute atomic E-state index is 5.12. The Bertz CT molecular complexity index is 579. The average molecular weight is 271 g/mol. The number of rotatable bonds is 5. The molecule has 0 aliphatic rings. The van der Waals surface area contributed by atoms with Crippen LogP contribution < -0.4 is 5.32 Å². The summed E-state index contributed by atoms with van der Waals surface area (Å²) in [5, 5.41) is 3.29. The van der Waals surface area contributed by atoms with Crippen LogP contribution in [0.1, 0.15) is 23.7 Å². The normalized spacial score (nSPS) is 10.6. The molecule has 4 nitrogen and oxygen atoms in total. The molecular weight excluding hydrogens is 250 g/mol. The zero-order valence-electron chi connectivity index (χ0n) is 12.5. The van der Waals surface area contributed by atoms with Crippen LogP contribution in [0.5, 0.6) is 0 Å². The monoisotopic (exact) mass is 271 g/mol. The second-order valence-electron chi connectivity index (χ2n) is 4.77. The van der Waals surface area contributed by atoms with Gasteiger partial charge in [0.25, 0.3) is 0 Å². The molecule has 2 aromatic rings. The first-order valence-corrected chi connectivity index (χ1v) is 6.83. The number of nitrogens with zero attached hydrogens (tertiary/aromatic N) is 2. The van der Waals surface area contributed by atoms with Crippen molar-refractivity contribution in [1.82, 2.24) is 9.97 Å². The molecule has 1 heterocycles. The largest absolute Gasteiger partial charge is 0.380 e. The highest BCUT2D eigenvalue weighted by atomic mass is 16.5. The minimum Gasteiger partial charge on any atom is -0.380 e. The Morgan fingerprint density at radius 3 is 2.40 bits per heavy atom. The highest BCUT2D eigenvalue weighted by Crippen LogP contribution is 2.22. The second-order valence-corrected chi connectivity index (χ2v) is 4.77. The number of ether oxygens (including phenoxy) is 1. The molecule has 0 bridgehead atoms. The van der Waals surface area contributed by atoms with Gasteiger partial charge in [-0.2, -0.15) is 0 Å². The molecule has 2 rings (SSSR count). The minimum atomic E-state index is 0.622. The predicted octanol–water partition coefficient (Wildman–Crippen LogP) is 3.34. The molecule has 20 heavy (non-hydrogen) atoms. The molecule has 0 aliphatic heterocycles. The van der Waals surface area contributed by atoms with Gasteiger partial charge in [0.1, 0.15) is 5.82 Å². The van der Waals surface area contributed by atoms with Gasteiger partial charge in [0, 0.05) is 30.5 Å². The number of hydrogen-bond acceptors (Lipinski definition) is 4. The van der Waals surface area contributed by atoms with Gasteiger partial charge in [-0.3, -0.25) is 0 Å². The Morgan fingerprint density at radius 2 is 1.80 bits per heavy atom. The number of benzene rings is 1. The predicted molar refractivity (Wildman–Crippen MR) is 81.8 cm³/mol. The van der Waals surface area contributed by atoms with Crippen LogP contribution in [0.2, 0.25) is 0 Å². The van der Waals surface area contributed by atoms with Crippen LogP contribution in [-0.4, -0.2) is 23.6 Å². The van der Waals surface area contributed by atoms with Crippen molar-refractivity contribution in [2.45, 2.75) is 27.4 Å². The van der Waals surface area contributed by atoms with Crippen molar-refractivity contribution in [2.24, 2.45) is 0 Å². The van der Waals surface area contributed by atoms with E-state index >= 15 is 0 Å². The van der Waals surface area contributed by atoms with Gasteiger partial charge >= 0.3 is 0 Å². The maximum Gasteiger partial charge on any atom is 0.161 e. The molecule has 1 aromatic heterocycles. The van der Waals surface area contributed by atoms with E-state index in [-0.39, 0.29) is 0 Å². The maximum atomic E-state index is 5.12. The lowest BCUT2D eigenvalue weighted by Gasteiger charge is -2.11. The van der Waals surface area contributed by atoms with Gasteiger partial charge < -0.3 is 10.1 Å². The lowest BCUT2D eigenvalue weighted by Crippen LogP contribution is -2.06. The molecular formula is C16H21N3O. The molecule has 0 spiro atoms. The first-order valence-electron chi connectivity index (χ1n) is 6.83. The molecule has 0 atom stereocenters. The number of anilines is 1. The van der Waals surface area contributed by atoms with Crippen molar-refractivity contribution in [3.05, 3.63) is 41.1 Å². The summed E-state index contributed by atoms with van der Waals surface area (Å²) in [5.41, 5.74) is 4.28. The molecule has 1 N–H and O–H groups in total. The highest BCUT2D eigenvalue weighted by Gasteiger charge is 2.09. The van der Waals surface area contributed by atoms with Gasteiger partial charge in [-0.15, -0.1) is 0 Å². The van der Waals surface area contributed by atoms with Gasteiger partial charge in [-0.25, -0.2) is 9.97 Å². The van der Waals surface area contributed by atoms with E-state index in [9.17, 15) is 0 Å². The van der Waals surface area contributed by atoms with Crippen LogP contribution in [0.25, 0.3) is 11.4 Å². The SMILES string of the molecule is CCNc1nc(-c2ccc(COC)cc2)nc(C)c1C. The Balaban J connectivity index is 2.36. The second kappa shape index (κ2) is 6.48. The van der Waals surface area contributed by atoms with E-state index in [0.29, 0.717) is 6.61 Å². The quantitative estimate of drug-likeness (QED) is 0.906. The highest BCUT2D eigenvalue weighted by molar-refractivity contribution is 5.60. The van der Waals surface area contributed by atoms with Gasteiger partial charge in [0.05, 0.1) is 6.61 Å². The van der Waals surface area contributed by atoms with Crippen molar-refractivity contribution in [3.8, 4) is 11.4 Å². The fraction of sp³-hybridized carbons (Fsp3) is 0.375. The number of methoxy groups -OCH3 is 1. The number of nitrogens with one attached hydrogen (secondary N) is 1. The average Bonchev–Trinajstić information content (AvgIpc) is 2.45. The van der Waals surface area contributed by atoms with Crippen molar-refractivity contribution in [1.29, 1.82) is 0 Å². The van der Waals surface area contributed by atoms with Crippen LogP contribution in [0, 0.1) is 13.8 Å². The summed E-state index contributed by atoms with van der Waals surface area (Å²) >= 11 is 0. The fourth-order valence-corrected chi connectivity index (χ4v) is 2.01. The van der Waals surface area contributed by atoms with E-state index in [2.05, 4.69) is 22.2 Å². The van der Waals surface area contributed by atoms with Gasteiger partial charge in [-0.05, 0) is 26.3 Å². The summed E-state index contributed by atoms with van der Waals surface area (Å²) in [6.45, 7) is 7.59. The van der Waals surface area contributed by atoms with E-state index < -0.39 is 0 Å². The molecule has 4 heteroatoms. The van der Waals surface area contributed by atoms with Gasteiger partial charge in [0.15, 0.2) is 5.82 Å². The Kier molecular flexibility index (Phi) is 4.69. The molecule has 106 valence electrons. The minimum absolute atomic E-state index is 0.622. The molecule has 0 saturated heterocycles. The van der Waals surface area contributed by atoms with Crippen LogP contribution in [0.3, 0.4) is 0 Å². The van der Waals surface area contributed by atoms with Crippen molar-refractivity contribution in [3.63, 3.8) is 0 Å². The van der Waals surface area contributed by atoms with Crippen molar-refractivity contribution >= 4 is 5.82 Å². The first-order chi connectivity index (χ1) is 9.65. The number of hydrogen-bond donors (Lipinski definition) is 1. The van der Waals surface area contributed by atoms with Crippen LogP contribution in [0.4, 0.5) is 5.82 Å². The Hall–Kier alpha value is -1.94. The summed E-state index contributed by atoms with van der Waals surface area (Å²) in [5.74, 6) is 1.67. The summed E-state index contributed by atoms with van der Waals surface area (Å²) in [6.07, 6.45) is 0. The van der Waals surface area contributed by atoms with Gasteiger partial charge in [0.2, 0.25) is 0 Å². The number of aromatic nitrogens is 2.